The summed E-state index contributed by atoms with van der Waals surface area (Å²) in [5.74, 6) is 0.718. The molecule has 0 aliphatic rings. The fourth-order valence-corrected chi connectivity index (χ4v) is 2.95. The Hall–Kier alpha value is -2.97. The molecule has 8 heteroatoms. The Morgan fingerprint density at radius 1 is 1.39 bits per heavy atom. The van der Waals surface area contributed by atoms with Crippen molar-refractivity contribution in [2.45, 2.75) is 39.5 Å². The monoisotopic (exact) mass is 383 g/mol. The lowest BCUT2D eigenvalue weighted by molar-refractivity contribution is -0.109. The van der Waals surface area contributed by atoms with Crippen molar-refractivity contribution in [2.24, 2.45) is 0 Å². The fraction of sp³-hybridized carbons (Fsp3) is 0.350. The number of nitrogens with one attached hydrogen (secondary N) is 1. The van der Waals surface area contributed by atoms with Gasteiger partial charge in [-0.15, -0.1) is 0 Å². The van der Waals surface area contributed by atoms with E-state index in [0.29, 0.717) is 18.0 Å². The topological polar surface area (TPSA) is 92.5 Å². The first-order valence-corrected chi connectivity index (χ1v) is 9.03. The highest BCUT2D eigenvalue weighted by atomic mass is 16.7. The molecule has 3 heterocycles. The Bertz CT molecular complexity index is 969. The third kappa shape index (κ3) is 4.47. The minimum Gasteiger partial charge on any atom is -0.506 e. The quantitative estimate of drug-likeness (QED) is 0.459. The Morgan fingerprint density at radius 3 is 2.89 bits per heavy atom. The second-order valence-electron chi connectivity index (χ2n) is 7.40. The smallest absolute Gasteiger partial charge is 0.215 e. The molecule has 1 unspecified atom stereocenters. The summed E-state index contributed by atoms with van der Waals surface area (Å²) in [6, 6.07) is 9.07. The molecule has 3 aromatic heterocycles. The number of rotatable bonds is 8. The summed E-state index contributed by atoms with van der Waals surface area (Å²) in [5.41, 5.74) is 4.07. The van der Waals surface area contributed by atoms with Gasteiger partial charge in [0, 0.05) is 23.8 Å². The molecule has 3 rings (SSSR count). The molecule has 8 nitrogen and oxygen atoms in total. The molecule has 2 N–H and O–H groups in total. The maximum absolute atomic E-state index is 11.6. The van der Waals surface area contributed by atoms with Crippen LogP contribution in [-0.2, 0) is 9.63 Å². The van der Waals surface area contributed by atoms with E-state index in [2.05, 4.69) is 15.4 Å². The number of hydroxylamine groups is 1. The lowest BCUT2D eigenvalue weighted by Gasteiger charge is -2.32. The zero-order valence-corrected chi connectivity index (χ0v) is 16.5. The van der Waals surface area contributed by atoms with Crippen LogP contribution in [-0.4, -0.2) is 38.1 Å². The summed E-state index contributed by atoms with van der Waals surface area (Å²) < 4.78 is 1.86. The van der Waals surface area contributed by atoms with E-state index in [9.17, 15) is 9.90 Å². The Balaban J connectivity index is 1.67. The summed E-state index contributed by atoms with van der Waals surface area (Å²) in [6.07, 6.45) is 3.67. The molecule has 0 saturated heterocycles. The fourth-order valence-electron chi connectivity index (χ4n) is 2.95. The van der Waals surface area contributed by atoms with Crippen LogP contribution < -0.4 is 10.4 Å². The minimum absolute atomic E-state index is 0.122. The number of nitrogens with zero attached hydrogens (tertiary/aromatic N) is 4. The van der Waals surface area contributed by atoms with Crippen LogP contribution in [0.4, 0.5) is 5.82 Å². The molecule has 0 saturated carbocycles. The van der Waals surface area contributed by atoms with E-state index in [1.54, 1.807) is 17.0 Å². The Morgan fingerprint density at radius 2 is 2.18 bits per heavy atom. The molecule has 0 aromatic carbocycles. The lowest BCUT2D eigenvalue weighted by atomic mass is 10.1. The molecule has 1 atom stereocenters. The first-order chi connectivity index (χ1) is 13.3. The number of aryl methyl sites for hydroxylation is 1. The largest absolute Gasteiger partial charge is 0.506 e. The van der Waals surface area contributed by atoms with Gasteiger partial charge in [-0.05, 0) is 52.0 Å². The summed E-state index contributed by atoms with van der Waals surface area (Å²) in [7, 11) is 0. The van der Waals surface area contributed by atoms with Crippen molar-refractivity contribution in [3.8, 4) is 5.75 Å². The highest BCUT2D eigenvalue weighted by molar-refractivity contribution is 5.77. The third-order valence-corrected chi connectivity index (χ3v) is 4.30. The second-order valence-corrected chi connectivity index (χ2v) is 7.40. The maximum atomic E-state index is 11.6. The lowest BCUT2D eigenvalue weighted by Crippen LogP contribution is -2.49. The van der Waals surface area contributed by atoms with Crippen LogP contribution in [0.2, 0.25) is 0 Å². The number of carbonyl (C=O) groups excluding carboxylic acids is 1. The Kier molecular flexibility index (Phi) is 5.62. The van der Waals surface area contributed by atoms with Crippen LogP contribution in [0.25, 0.3) is 11.0 Å². The molecule has 28 heavy (non-hydrogen) atoms. The van der Waals surface area contributed by atoms with Gasteiger partial charge in [-0.2, -0.15) is 5.48 Å². The van der Waals surface area contributed by atoms with Gasteiger partial charge >= 0.3 is 0 Å². The van der Waals surface area contributed by atoms with Crippen LogP contribution >= 0.6 is 0 Å². The third-order valence-electron chi connectivity index (χ3n) is 4.30. The molecule has 0 radical (unpaired) electrons. The van der Waals surface area contributed by atoms with E-state index in [-0.39, 0.29) is 12.0 Å². The number of fused-ring (bicyclic) bond motifs is 1. The van der Waals surface area contributed by atoms with E-state index in [1.165, 1.54) is 6.20 Å². The first-order valence-electron chi connectivity index (χ1n) is 9.03. The summed E-state index contributed by atoms with van der Waals surface area (Å²) in [5, 5.41) is 10.4. The van der Waals surface area contributed by atoms with E-state index in [0.717, 1.165) is 17.5 Å². The molecule has 3 aromatic rings. The van der Waals surface area contributed by atoms with E-state index >= 15 is 0 Å². The van der Waals surface area contributed by atoms with Crippen molar-refractivity contribution in [3.05, 3.63) is 48.4 Å². The molecule has 0 fully saturated rings. The van der Waals surface area contributed by atoms with Crippen LogP contribution in [0.1, 0.15) is 32.7 Å². The highest BCUT2D eigenvalue weighted by Crippen LogP contribution is 2.22. The van der Waals surface area contributed by atoms with Crippen LogP contribution in [0.3, 0.4) is 0 Å². The normalized spacial score (nSPS) is 12.9. The second kappa shape index (κ2) is 7.95. The average molecular weight is 383 g/mol. The van der Waals surface area contributed by atoms with E-state index in [1.807, 2.05) is 56.7 Å². The molecule has 0 bridgehead atoms. The van der Waals surface area contributed by atoms with Crippen molar-refractivity contribution in [1.29, 1.82) is 0 Å². The molecule has 148 valence electrons. The number of anilines is 1. The van der Waals surface area contributed by atoms with Gasteiger partial charge in [0.15, 0.2) is 6.23 Å². The number of hydrogen-bond acceptors (Lipinski definition) is 6. The van der Waals surface area contributed by atoms with Gasteiger partial charge in [0.2, 0.25) is 6.41 Å². The van der Waals surface area contributed by atoms with Gasteiger partial charge in [-0.3, -0.25) is 14.5 Å². The zero-order valence-electron chi connectivity index (χ0n) is 16.5. The number of amides is 1. The van der Waals surface area contributed by atoms with E-state index < -0.39 is 5.54 Å². The molecule has 0 aliphatic carbocycles. The first kappa shape index (κ1) is 19.8. The van der Waals surface area contributed by atoms with Gasteiger partial charge in [-0.1, -0.05) is 6.07 Å². The number of carbonyl (C=O) groups is 1. The van der Waals surface area contributed by atoms with Crippen molar-refractivity contribution in [1.82, 2.24) is 20.0 Å². The molecular weight excluding hydrogens is 358 g/mol. The van der Waals surface area contributed by atoms with Crippen LogP contribution in [0.15, 0.2) is 42.7 Å². The standard InChI is InChI=1S/C20H25N5O3/c1-14-6-5-7-18(22-14)24(13-26)12-20(3,4)23-28-15(2)25-9-8-16-10-17(27)11-21-19(16)25/h5-11,13,15,23,27H,12H2,1-4H3. The van der Waals surface area contributed by atoms with Gasteiger partial charge in [-0.25, -0.2) is 9.97 Å². The average Bonchev–Trinajstić information content (AvgIpc) is 3.07. The minimum atomic E-state index is -0.532. The predicted molar refractivity (Wildman–Crippen MR) is 107 cm³/mol. The van der Waals surface area contributed by atoms with Gasteiger partial charge in [0.1, 0.15) is 17.2 Å². The van der Waals surface area contributed by atoms with E-state index in [4.69, 9.17) is 4.84 Å². The van der Waals surface area contributed by atoms with Crippen molar-refractivity contribution in [3.63, 3.8) is 0 Å². The van der Waals surface area contributed by atoms with Gasteiger partial charge < -0.3 is 9.67 Å². The molecule has 0 spiro atoms. The molecule has 1 amide bonds. The number of aromatic hydroxyl groups is 1. The van der Waals surface area contributed by atoms with Gasteiger partial charge in [0.05, 0.1) is 11.7 Å². The van der Waals surface area contributed by atoms with Crippen molar-refractivity contribution < 1.29 is 14.7 Å². The van der Waals surface area contributed by atoms with Gasteiger partial charge in [0.25, 0.3) is 0 Å². The summed E-state index contributed by atoms with van der Waals surface area (Å²) in [4.78, 5) is 27.6. The number of aromatic nitrogens is 3. The SMILES string of the molecule is Cc1cccc(N(C=O)CC(C)(C)NOC(C)n2ccc3cc(O)cnc32)n1. The Labute approximate surface area is 163 Å². The molecule has 0 aliphatic heterocycles. The number of hydrogen-bond donors (Lipinski definition) is 2. The van der Waals surface area contributed by atoms with Crippen LogP contribution in [0, 0.1) is 6.92 Å². The van der Waals surface area contributed by atoms with Crippen molar-refractivity contribution in [2.75, 3.05) is 11.4 Å². The highest BCUT2D eigenvalue weighted by Gasteiger charge is 2.24. The van der Waals surface area contributed by atoms with Crippen LogP contribution in [0.5, 0.6) is 5.75 Å². The summed E-state index contributed by atoms with van der Waals surface area (Å²) in [6.45, 7) is 8.02. The summed E-state index contributed by atoms with van der Waals surface area (Å²) >= 11 is 0. The van der Waals surface area contributed by atoms with Crippen molar-refractivity contribution >= 4 is 23.3 Å². The predicted octanol–water partition coefficient (Wildman–Crippen LogP) is 2.93. The molecular formula is C20H25N5O3. The zero-order chi connectivity index (χ0) is 20.3. The number of pyridine rings is 2. The maximum Gasteiger partial charge on any atom is 0.215 e.